The third kappa shape index (κ3) is 2.87. The van der Waals surface area contributed by atoms with Crippen LogP contribution in [0.5, 0.6) is 0 Å². The van der Waals surface area contributed by atoms with Crippen LogP contribution in [0.15, 0.2) is 36.5 Å². The maximum atomic E-state index is 12.1. The van der Waals surface area contributed by atoms with Crippen LogP contribution in [0, 0.1) is 0 Å². The van der Waals surface area contributed by atoms with Crippen molar-refractivity contribution in [1.82, 2.24) is 20.5 Å². The normalized spacial score (nSPS) is 12.5. The van der Waals surface area contributed by atoms with E-state index in [1.165, 1.54) is 0 Å². The van der Waals surface area contributed by atoms with Gasteiger partial charge in [-0.15, -0.1) is 0 Å². The predicted octanol–water partition coefficient (Wildman–Crippen LogP) is 2.41. The lowest BCUT2D eigenvalue weighted by Crippen LogP contribution is -2.34. The van der Waals surface area contributed by atoms with Crippen molar-refractivity contribution in [2.45, 2.75) is 26.0 Å². The molecule has 0 fully saturated rings. The molecule has 0 spiro atoms. The number of carbonyl (C=O) groups excluding carboxylic acids is 1. The number of H-pyrrole nitrogens is 2. The first kappa shape index (κ1) is 14.3. The number of rotatable bonds is 5. The predicted molar refractivity (Wildman–Crippen MR) is 84.3 cm³/mol. The van der Waals surface area contributed by atoms with E-state index in [9.17, 15) is 9.90 Å². The molecule has 0 saturated carbocycles. The van der Waals surface area contributed by atoms with E-state index in [2.05, 4.69) is 20.5 Å². The lowest BCUT2D eigenvalue weighted by atomic mass is 10.1. The molecule has 0 radical (unpaired) electrons. The third-order valence-electron chi connectivity index (χ3n) is 3.54. The lowest BCUT2D eigenvalue weighted by molar-refractivity contribution is 0.0763. The van der Waals surface area contributed by atoms with Crippen LogP contribution in [-0.4, -0.2) is 32.4 Å². The molecule has 114 valence electrons. The van der Waals surface area contributed by atoms with Gasteiger partial charge in [0, 0.05) is 22.7 Å². The second-order valence-corrected chi connectivity index (χ2v) is 5.23. The molecule has 2 heterocycles. The average molecular weight is 298 g/mol. The minimum Gasteiger partial charge on any atom is -0.374 e. The van der Waals surface area contributed by atoms with Crippen molar-refractivity contribution in [3.8, 4) is 11.4 Å². The summed E-state index contributed by atoms with van der Waals surface area (Å²) < 4.78 is 0. The molecular weight excluding hydrogens is 280 g/mol. The largest absolute Gasteiger partial charge is 0.374 e. The molecular formula is C16H18N4O2. The van der Waals surface area contributed by atoms with Crippen molar-refractivity contribution in [1.29, 1.82) is 0 Å². The van der Waals surface area contributed by atoms with Crippen LogP contribution < -0.4 is 5.32 Å². The van der Waals surface area contributed by atoms with Crippen molar-refractivity contribution in [3.63, 3.8) is 0 Å². The van der Waals surface area contributed by atoms with Crippen molar-refractivity contribution in [2.24, 2.45) is 0 Å². The van der Waals surface area contributed by atoms with Crippen LogP contribution >= 0.6 is 0 Å². The van der Waals surface area contributed by atoms with E-state index in [1.54, 1.807) is 18.3 Å². The number of aromatic amines is 2. The van der Waals surface area contributed by atoms with E-state index in [4.69, 9.17) is 0 Å². The molecule has 3 rings (SSSR count). The Bertz CT molecular complexity index is 777. The third-order valence-corrected chi connectivity index (χ3v) is 3.54. The Morgan fingerprint density at radius 1 is 1.32 bits per heavy atom. The number of aromatic nitrogens is 3. The van der Waals surface area contributed by atoms with E-state index in [1.807, 2.05) is 25.1 Å². The Morgan fingerprint density at radius 2 is 2.18 bits per heavy atom. The number of nitrogens with one attached hydrogen (secondary N) is 3. The Morgan fingerprint density at radius 3 is 2.91 bits per heavy atom. The van der Waals surface area contributed by atoms with Crippen molar-refractivity contribution >= 4 is 16.8 Å². The van der Waals surface area contributed by atoms with Crippen LogP contribution in [-0.2, 0) is 0 Å². The molecule has 0 bridgehead atoms. The van der Waals surface area contributed by atoms with Crippen LogP contribution in [0.3, 0.4) is 0 Å². The van der Waals surface area contributed by atoms with E-state index < -0.39 is 6.23 Å². The smallest absolute Gasteiger partial charge is 0.253 e. The highest BCUT2D eigenvalue weighted by Gasteiger charge is 2.12. The van der Waals surface area contributed by atoms with Gasteiger partial charge in [-0.1, -0.05) is 19.4 Å². The van der Waals surface area contributed by atoms with Crippen molar-refractivity contribution < 1.29 is 9.90 Å². The number of hydrogen-bond donors (Lipinski definition) is 4. The van der Waals surface area contributed by atoms with Crippen molar-refractivity contribution in [2.75, 3.05) is 0 Å². The van der Waals surface area contributed by atoms with Gasteiger partial charge in [-0.05, 0) is 30.7 Å². The number of hydrogen-bond acceptors (Lipinski definition) is 3. The Labute approximate surface area is 127 Å². The molecule has 1 unspecified atom stereocenters. The summed E-state index contributed by atoms with van der Waals surface area (Å²) >= 11 is 0. The highest BCUT2D eigenvalue weighted by atomic mass is 16.3. The summed E-state index contributed by atoms with van der Waals surface area (Å²) in [6, 6.07) is 9.28. The molecule has 0 aliphatic heterocycles. The number of benzene rings is 1. The molecule has 1 amide bonds. The summed E-state index contributed by atoms with van der Waals surface area (Å²) in [7, 11) is 0. The summed E-state index contributed by atoms with van der Waals surface area (Å²) in [6.07, 6.45) is 2.23. The zero-order valence-electron chi connectivity index (χ0n) is 12.3. The first-order valence-electron chi connectivity index (χ1n) is 7.29. The molecule has 1 atom stereocenters. The highest BCUT2D eigenvalue weighted by Crippen LogP contribution is 2.23. The van der Waals surface area contributed by atoms with Gasteiger partial charge >= 0.3 is 0 Å². The van der Waals surface area contributed by atoms with Crippen LogP contribution in [0.4, 0.5) is 0 Å². The first-order chi connectivity index (χ1) is 10.7. The van der Waals surface area contributed by atoms with Gasteiger partial charge in [0.2, 0.25) is 0 Å². The fourth-order valence-electron chi connectivity index (χ4n) is 2.40. The second-order valence-electron chi connectivity index (χ2n) is 5.23. The van der Waals surface area contributed by atoms with Gasteiger partial charge in [-0.25, -0.2) is 0 Å². The SMILES string of the molecule is CCCC(O)NC(=O)c1ccc2cc(-c3ccn[nH]3)[nH]c2c1. The number of nitrogens with zero attached hydrogens (tertiary/aromatic N) is 1. The van der Waals surface area contributed by atoms with Crippen molar-refractivity contribution in [3.05, 3.63) is 42.1 Å². The monoisotopic (exact) mass is 298 g/mol. The minimum atomic E-state index is -0.808. The maximum Gasteiger partial charge on any atom is 0.253 e. The average Bonchev–Trinajstić information content (AvgIpc) is 3.15. The van der Waals surface area contributed by atoms with Gasteiger partial charge in [-0.2, -0.15) is 5.10 Å². The van der Waals surface area contributed by atoms with Gasteiger partial charge < -0.3 is 15.4 Å². The Kier molecular flexibility index (Phi) is 3.93. The fraction of sp³-hybridized carbons (Fsp3) is 0.250. The molecule has 1 aromatic carbocycles. The van der Waals surface area contributed by atoms with Gasteiger partial charge in [0.25, 0.3) is 5.91 Å². The molecule has 22 heavy (non-hydrogen) atoms. The summed E-state index contributed by atoms with van der Waals surface area (Å²) in [4.78, 5) is 15.4. The Balaban J connectivity index is 1.85. The van der Waals surface area contributed by atoms with Crippen LogP contribution in [0.2, 0.25) is 0 Å². The molecule has 0 saturated heterocycles. The lowest BCUT2D eigenvalue weighted by Gasteiger charge is -2.11. The quantitative estimate of drug-likeness (QED) is 0.545. The zero-order valence-corrected chi connectivity index (χ0v) is 12.3. The molecule has 0 aliphatic rings. The summed E-state index contributed by atoms with van der Waals surface area (Å²) in [5, 5.41) is 20.1. The summed E-state index contributed by atoms with van der Waals surface area (Å²) in [5.74, 6) is -0.277. The van der Waals surface area contributed by atoms with Gasteiger partial charge in [-0.3, -0.25) is 9.89 Å². The van der Waals surface area contributed by atoms with E-state index in [0.717, 1.165) is 28.7 Å². The molecule has 6 nitrogen and oxygen atoms in total. The first-order valence-corrected chi connectivity index (χ1v) is 7.29. The number of amides is 1. The molecule has 4 N–H and O–H groups in total. The second kappa shape index (κ2) is 6.03. The maximum absolute atomic E-state index is 12.1. The number of carbonyl (C=O) groups is 1. The molecule has 3 aromatic rings. The number of aliphatic hydroxyl groups is 1. The minimum absolute atomic E-state index is 0.277. The number of aliphatic hydroxyl groups excluding tert-OH is 1. The van der Waals surface area contributed by atoms with Crippen LogP contribution in [0.1, 0.15) is 30.1 Å². The van der Waals surface area contributed by atoms with Crippen LogP contribution in [0.25, 0.3) is 22.3 Å². The zero-order chi connectivity index (χ0) is 15.5. The topological polar surface area (TPSA) is 93.8 Å². The molecule has 2 aromatic heterocycles. The summed E-state index contributed by atoms with van der Waals surface area (Å²) in [6.45, 7) is 1.96. The standard InChI is InChI=1S/C16H18N4O2/c1-2-3-15(21)19-16(22)11-5-4-10-8-14(18-13(10)9-11)12-6-7-17-20-12/h4-9,15,18,21H,2-3H2,1H3,(H,17,20)(H,19,22). The number of fused-ring (bicyclic) bond motifs is 1. The Hall–Kier alpha value is -2.60. The molecule has 6 heteroatoms. The fourth-order valence-corrected chi connectivity index (χ4v) is 2.40. The molecule has 0 aliphatic carbocycles. The van der Waals surface area contributed by atoms with Gasteiger partial charge in [0.05, 0.1) is 11.4 Å². The van der Waals surface area contributed by atoms with E-state index >= 15 is 0 Å². The van der Waals surface area contributed by atoms with E-state index in [-0.39, 0.29) is 5.91 Å². The van der Waals surface area contributed by atoms with Gasteiger partial charge in [0.15, 0.2) is 0 Å². The van der Waals surface area contributed by atoms with Gasteiger partial charge in [0.1, 0.15) is 6.23 Å². The highest BCUT2D eigenvalue weighted by molar-refractivity contribution is 5.98. The van der Waals surface area contributed by atoms with E-state index in [0.29, 0.717) is 12.0 Å². The summed E-state index contributed by atoms with van der Waals surface area (Å²) in [5.41, 5.74) is 3.18.